The number of nitrogens with one attached hydrogen (secondary N) is 1. The number of ether oxygens (including phenoxy) is 1. The van der Waals surface area contributed by atoms with Gasteiger partial charge in [-0.2, -0.15) is 0 Å². The topological polar surface area (TPSA) is 45.3 Å². The van der Waals surface area contributed by atoms with Crippen molar-refractivity contribution in [3.63, 3.8) is 0 Å². The van der Waals surface area contributed by atoms with Crippen LogP contribution in [0.3, 0.4) is 0 Å². The lowest BCUT2D eigenvalue weighted by atomic mass is 9.91. The molecule has 0 saturated heterocycles. The highest BCUT2D eigenvalue weighted by Gasteiger charge is 2.35. The molecule has 1 aliphatic rings. The zero-order valence-electron chi connectivity index (χ0n) is 17.6. The molecule has 1 amide bonds. The van der Waals surface area contributed by atoms with Crippen molar-refractivity contribution in [1.29, 1.82) is 0 Å². The Hall–Kier alpha value is -2.95. The Balaban J connectivity index is 1.62. The van der Waals surface area contributed by atoms with E-state index >= 15 is 0 Å². The van der Waals surface area contributed by atoms with E-state index in [9.17, 15) is 4.79 Å². The van der Waals surface area contributed by atoms with Crippen LogP contribution in [0, 0.1) is 0 Å². The molecule has 0 bridgehead atoms. The van der Waals surface area contributed by atoms with Crippen LogP contribution >= 0.6 is 23.2 Å². The number of aromatic nitrogens is 1. The Labute approximate surface area is 196 Å². The fraction of sp³-hybridized carbons (Fsp3) is 0.192. The van der Waals surface area contributed by atoms with E-state index in [-0.39, 0.29) is 11.9 Å². The third-order valence-corrected chi connectivity index (χ3v) is 6.71. The second kappa shape index (κ2) is 8.53. The first-order chi connectivity index (χ1) is 15.6. The minimum Gasteiger partial charge on any atom is -0.494 e. The van der Waals surface area contributed by atoms with Crippen LogP contribution in [0.15, 0.2) is 66.7 Å². The van der Waals surface area contributed by atoms with Crippen LogP contribution in [-0.2, 0) is 6.42 Å². The van der Waals surface area contributed by atoms with Gasteiger partial charge >= 0.3 is 0 Å². The van der Waals surface area contributed by atoms with Crippen LogP contribution < -0.4 is 4.74 Å². The van der Waals surface area contributed by atoms with Gasteiger partial charge in [-0.05, 0) is 60.9 Å². The second-order valence-corrected chi connectivity index (χ2v) is 8.66. The SMILES string of the molecule is CCOc1ccc(C2c3[nH]c4ccccc4c3CCN2C(=O)c2ccc(Cl)c(Cl)c2)cc1. The number of benzene rings is 3. The Bertz CT molecular complexity index is 1300. The summed E-state index contributed by atoms with van der Waals surface area (Å²) in [5, 5.41) is 2.02. The number of aromatic amines is 1. The highest BCUT2D eigenvalue weighted by Crippen LogP contribution is 2.39. The summed E-state index contributed by atoms with van der Waals surface area (Å²) in [5.41, 5.74) is 4.94. The number of halogens is 2. The fourth-order valence-electron chi connectivity index (χ4n) is 4.51. The maximum absolute atomic E-state index is 13.6. The number of carbonyl (C=O) groups is 1. The van der Waals surface area contributed by atoms with E-state index in [1.807, 2.05) is 42.2 Å². The lowest BCUT2D eigenvalue weighted by molar-refractivity contribution is 0.0692. The minimum absolute atomic E-state index is 0.0771. The predicted octanol–water partition coefficient (Wildman–Crippen LogP) is 6.66. The van der Waals surface area contributed by atoms with E-state index in [4.69, 9.17) is 27.9 Å². The average Bonchev–Trinajstić information content (AvgIpc) is 3.19. The molecule has 0 aliphatic carbocycles. The van der Waals surface area contributed by atoms with E-state index in [0.29, 0.717) is 28.8 Å². The standard InChI is InChI=1S/C26H22Cl2N2O2/c1-2-32-18-10-7-16(8-11-18)25-24-20(19-5-3-4-6-23(19)29-24)13-14-30(25)26(31)17-9-12-21(27)22(28)15-17/h3-12,15,25,29H,2,13-14H2,1H3. The average molecular weight is 465 g/mol. The molecular formula is C26H22Cl2N2O2. The normalized spacial score (nSPS) is 15.6. The van der Waals surface area contributed by atoms with Gasteiger partial charge < -0.3 is 14.6 Å². The number of nitrogens with zero attached hydrogens (tertiary/aromatic N) is 1. The highest BCUT2D eigenvalue weighted by molar-refractivity contribution is 6.42. The molecule has 1 aromatic heterocycles. The molecule has 4 aromatic rings. The summed E-state index contributed by atoms with van der Waals surface area (Å²) >= 11 is 12.3. The number of amides is 1. The number of carbonyl (C=O) groups excluding carboxylic acids is 1. The molecule has 1 N–H and O–H groups in total. The molecule has 0 saturated carbocycles. The van der Waals surface area contributed by atoms with Crippen LogP contribution in [0.1, 0.15) is 40.1 Å². The number of hydrogen-bond acceptors (Lipinski definition) is 2. The van der Waals surface area contributed by atoms with Gasteiger partial charge in [-0.25, -0.2) is 0 Å². The predicted molar refractivity (Wildman–Crippen MR) is 129 cm³/mol. The number of fused-ring (bicyclic) bond motifs is 3. The molecule has 1 unspecified atom stereocenters. The summed E-state index contributed by atoms with van der Waals surface area (Å²) in [7, 11) is 0. The molecule has 32 heavy (non-hydrogen) atoms. The third kappa shape index (κ3) is 3.64. The van der Waals surface area contributed by atoms with Crippen LogP contribution in [0.2, 0.25) is 10.0 Å². The second-order valence-electron chi connectivity index (χ2n) is 7.84. The number of para-hydroxylation sites is 1. The van der Waals surface area contributed by atoms with Crippen molar-refractivity contribution in [3.8, 4) is 5.75 Å². The Morgan fingerprint density at radius 2 is 1.84 bits per heavy atom. The van der Waals surface area contributed by atoms with Crippen molar-refractivity contribution in [3.05, 3.63) is 99.2 Å². The van der Waals surface area contributed by atoms with Crippen LogP contribution in [-0.4, -0.2) is 28.9 Å². The maximum Gasteiger partial charge on any atom is 0.254 e. The minimum atomic E-state index is -0.246. The molecule has 1 atom stereocenters. The number of H-pyrrole nitrogens is 1. The fourth-order valence-corrected chi connectivity index (χ4v) is 4.81. The van der Waals surface area contributed by atoms with Gasteiger partial charge in [0.15, 0.2) is 0 Å². The summed E-state index contributed by atoms with van der Waals surface area (Å²) in [4.78, 5) is 19.1. The Morgan fingerprint density at radius 1 is 1.06 bits per heavy atom. The first-order valence-electron chi connectivity index (χ1n) is 10.6. The van der Waals surface area contributed by atoms with Crippen LogP contribution in [0.5, 0.6) is 5.75 Å². The number of hydrogen-bond donors (Lipinski definition) is 1. The van der Waals surface area contributed by atoms with E-state index in [2.05, 4.69) is 23.2 Å². The summed E-state index contributed by atoms with van der Waals surface area (Å²) in [5.74, 6) is 0.734. The first kappa shape index (κ1) is 20.9. The lowest BCUT2D eigenvalue weighted by Crippen LogP contribution is -2.40. The van der Waals surface area contributed by atoms with Crippen molar-refractivity contribution in [2.24, 2.45) is 0 Å². The quantitative estimate of drug-likeness (QED) is 0.366. The molecule has 0 radical (unpaired) electrons. The smallest absolute Gasteiger partial charge is 0.254 e. The van der Waals surface area contributed by atoms with Gasteiger partial charge in [0.05, 0.1) is 22.7 Å². The van der Waals surface area contributed by atoms with Crippen molar-refractivity contribution >= 4 is 40.0 Å². The summed E-state index contributed by atoms with van der Waals surface area (Å²) in [6.45, 7) is 3.17. The van der Waals surface area contributed by atoms with Crippen molar-refractivity contribution in [2.45, 2.75) is 19.4 Å². The van der Waals surface area contributed by atoms with Crippen LogP contribution in [0.4, 0.5) is 0 Å². The van der Waals surface area contributed by atoms with E-state index in [1.54, 1.807) is 18.2 Å². The van der Waals surface area contributed by atoms with Gasteiger partial charge in [0.1, 0.15) is 5.75 Å². The summed E-state index contributed by atoms with van der Waals surface area (Å²) < 4.78 is 5.62. The maximum atomic E-state index is 13.6. The van der Waals surface area contributed by atoms with E-state index in [0.717, 1.165) is 28.9 Å². The van der Waals surface area contributed by atoms with Gasteiger partial charge in [0.2, 0.25) is 0 Å². The highest BCUT2D eigenvalue weighted by atomic mass is 35.5. The molecule has 1 aliphatic heterocycles. The molecule has 2 heterocycles. The van der Waals surface area contributed by atoms with Crippen molar-refractivity contribution in [1.82, 2.24) is 9.88 Å². The molecule has 3 aromatic carbocycles. The zero-order valence-corrected chi connectivity index (χ0v) is 19.1. The molecule has 4 nitrogen and oxygen atoms in total. The molecule has 5 rings (SSSR count). The van der Waals surface area contributed by atoms with Gasteiger partial charge in [-0.15, -0.1) is 0 Å². The van der Waals surface area contributed by atoms with E-state index < -0.39 is 0 Å². The molecule has 6 heteroatoms. The van der Waals surface area contributed by atoms with E-state index in [1.165, 1.54) is 10.9 Å². The van der Waals surface area contributed by atoms with Gasteiger partial charge in [-0.3, -0.25) is 4.79 Å². The molecular weight excluding hydrogens is 443 g/mol. The zero-order chi connectivity index (χ0) is 22.2. The third-order valence-electron chi connectivity index (χ3n) is 5.97. The Kier molecular flexibility index (Phi) is 5.58. The van der Waals surface area contributed by atoms with Crippen molar-refractivity contribution < 1.29 is 9.53 Å². The number of rotatable bonds is 4. The van der Waals surface area contributed by atoms with Crippen LogP contribution in [0.25, 0.3) is 10.9 Å². The molecule has 162 valence electrons. The monoisotopic (exact) mass is 464 g/mol. The first-order valence-corrected chi connectivity index (χ1v) is 11.4. The van der Waals surface area contributed by atoms with Gasteiger partial charge in [0.25, 0.3) is 5.91 Å². The summed E-state index contributed by atoms with van der Waals surface area (Å²) in [6.07, 6.45) is 0.778. The lowest BCUT2D eigenvalue weighted by Gasteiger charge is -2.36. The molecule has 0 spiro atoms. The largest absolute Gasteiger partial charge is 0.494 e. The van der Waals surface area contributed by atoms with Crippen molar-refractivity contribution in [2.75, 3.05) is 13.2 Å². The summed E-state index contributed by atoms with van der Waals surface area (Å²) in [6, 6.07) is 21.1. The van der Waals surface area contributed by atoms with Gasteiger partial charge in [-0.1, -0.05) is 53.5 Å². The van der Waals surface area contributed by atoms with Gasteiger partial charge in [0, 0.05) is 28.7 Å². The Morgan fingerprint density at radius 3 is 2.59 bits per heavy atom. The molecule has 0 fully saturated rings.